The van der Waals surface area contributed by atoms with Gasteiger partial charge in [-0.05, 0) is 0 Å². The van der Waals surface area contributed by atoms with E-state index in [-0.39, 0.29) is 24.8 Å². The third-order valence-electron chi connectivity index (χ3n) is 8.60. The van der Waals surface area contributed by atoms with E-state index in [4.69, 9.17) is 0 Å². The molecular weight excluding hydrogens is 575 g/mol. The molecule has 2 aliphatic carbocycles. The Balaban J connectivity index is 0.00000169. The van der Waals surface area contributed by atoms with Gasteiger partial charge in [-0.2, -0.15) is 0 Å². The van der Waals surface area contributed by atoms with Crippen molar-refractivity contribution >= 4 is 36.9 Å². The zero-order valence-electron chi connectivity index (χ0n) is 23.1. The Bertz CT molecular complexity index is 1800. The molecule has 7 rings (SSSR count). The van der Waals surface area contributed by atoms with Crippen molar-refractivity contribution in [2.75, 3.05) is 0 Å². The fourth-order valence-corrected chi connectivity index (χ4v) is 13.9. The van der Waals surface area contributed by atoms with Gasteiger partial charge in [-0.15, -0.1) is 24.8 Å². The first-order valence-electron chi connectivity index (χ1n) is 13.9. The van der Waals surface area contributed by atoms with Gasteiger partial charge in [0.15, 0.2) is 0 Å². The van der Waals surface area contributed by atoms with E-state index in [9.17, 15) is 0 Å². The van der Waals surface area contributed by atoms with Crippen LogP contribution in [0, 0.1) is 0 Å². The number of hydrogen-bond donors (Lipinski definition) is 0. The summed E-state index contributed by atoms with van der Waals surface area (Å²) in [6.07, 6.45) is 9.07. The van der Waals surface area contributed by atoms with E-state index >= 15 is 0 Å². The summed E-state index contributed by atoms with van der Waals surface area (Å²) in [6, 6.07) is 45.2. The SMILES string of the molecule is C[CH]=[Ti]([C]1=CC=CC1)([c]1ccccc1)[c]1cc(-c2ccccc2)cc2c1Cc1ccc(-c3ccccc3)cc1-2.Cl.Cl. The van der Waals surface area contributed by atoms with Crippen molar-refractivity contribution in [1.29, 1.82) is 0 Å². The molecule has 0 aromatic heterocycles. The summed E-state index contributed by atoms with van der Waals surface area (Å²) >= 11 is -3.07. The fraction of sp³-hybridized carbons (Fsp3) is 0.0789. The Kier molecular flexibility index (Phi) is 8.78. The van der Waals surface area contributed by atoms with Gasteiger partial charge >= 0.3 is 236 Å². The minimum absolute atomic E-state index is 0. The van der Waals surface area contributed by atoms with E-state index in [1.807, 2.05) is 0 Å². The van der Waals surface area contributed by atoms with Gasteiger partial charge in [0.05, 0.1) is 0 Å². The van der Waals surface area contributed by atoms with Crippen LogP contribution in [-0.4, -0.2) is 4.31 Å². The van der Waals surface area contributed by atoms with Crippen molar-refractivity contribution in [2.24, 2.45) is 0 Å². The van der Waals surface area contributed by atoms with Crippen LogP contribution in [0.3, 0.4) is 0 Å². The van der Waals surface area contributed by atoms with Gasteiger partial charge in [-0.3, -0.25) is 0 Å². The van der Waals surface area contributed by atoms with Crippen molar-refractivity contribution < 1.29 is 16.1 Å². The predicted molar refractivity (Wildman–Crippen MR) is 179 cm³/mol. The third-order valence-corrected chi connectivity index (χ3v) is 16.1. The molecule has 41 heavy (non-hydrogen) atoms. The minimum Gasteiger partial charge on any atom is -0.147 e. The smallest absolute Gasteiger partial charge is 0.147 e. The molecule has 5 aromatic rings. The van der Waals surface area contributed by atoms with Gasteiger partial charge in [0.25, 0.3) is 0 Å². The molecule has 0 spiro atoms. The quantitative estimate of drug-likeness (QED) is 0.171. The van der Waals surface area contributed by atoms with Crippen molar-refractivity contribution in [3.63, 3.8) is 0 Å². The summed E-state index contributed by atoms with van der Waals surface area (Å²) in [5.74, 6) is 0. The van der Waals surface area contributed by atoms with Crippen molar-refractivity contribution in [2.45, 2.75) is 19.8 Å². The topological polar surface area (TPSA) is 0 Å². The van der Waals surface area contributed by atoms with E-state index in [1.165, 1.54) is 48.4 Å². The van der Waals surface area contributed by atoms with Crippen molar-refractivity contribution in [1.82, 2.24) is 0 Å². The number of hydrogen-bond acceptors (Lipinski definition) is 0. The molecule has 0 amide bonds. The molecule has 0 aliphatic heterocycles. The van der Waals surface area contributed by atoms with Gasteiger partial charge in [0.2, 0.25) is 0 Å². The molecule has 0 fully saturated rings. The van der Waals surface area contributed by atoms with Gasteiger partial charge in [-0.25, -0.2) is 0 Å². The van der Waals surface area contributed by atoms with Crippen LogP contribution in [0.2, 0.25) is 0 Å². The standard InChI is InChI=1S/C25H17.C6H5.C5H5.C2H4.2ClH.Ti/c1-3-7-18(8-4-1)20-11-13-22-15-23-14-12-21(17-25(23)24(22)16-20)19-9-5-2-6-10-19;1-2-4-6-5-3-1;1-2-4-5-3-1;1-2;;;/h1-13,16-17H,15H2;1-5H;1-3H,4H2;1H,2H3;2*1H;. The Morgan fingerprint density at radius 1 is 0.610 bits per heavy atom. The Morgan fingerprint density at radius 3 is 1.83 bits per heavy atom. The van der Waals surface area contributed by atoms with E-state index < -0.39 is 16.1 Å². The zero-order valence-corrected chi connectivity index (χ0v) is 26.3. The molecule has 0 saturated heterocycles. The van der Waals surface area contributed by atoms with Crippen LogP contribution in [0.4, 0.5) is 0 Å². The molecule has 2 aliphatic rings. The minimum atomic E-state index is -3.07. The second-order valence-corrected chi connectivity index (χ2v) is 16.8. The molecule has 0 saturated carbocycles. The number of rotatable bonds is 5. The summed E-state index contributed by atoms with van der Waals surface area (Å²) in [5.41, 5.74) is 10.9. The maximum Gasteiger partial charge on any atom is -0.147 e. The molecule has 0 heterocycles. The molecule has 203 valence electrons. The molecule has 3 heteroatoms. The van der Waals surface area contributed by atoms with E-state index in [0.29, 0.717) is 0 Å². The largest absolute Gasteiger partial charge is 0.147 e. The Hall–Kier alpha value is -3.26. The first-order valence-corrected chi connectivity index (χ1v) is 17.2. The maximum absolute atomic E-state index is 3.07. The average Bonchev–Trinajstić information content (AvgIpc) is 3.68. The first-order chi connectivity index (χ1) is 19.3. The van der Waals surface area contributed by atoms with Crippen molar-refractivity contribution in [3.05, 3.63) is 155 Å². The van der Waals surface area contributed by atoms with E-state index in [1.54, 1.807) is 7.75 Å². The second-order valence-electron chi connectivity index (χ2n) is 10.6. The third kappa shape index (κ3) is 5.05. The summed E-state index contributed by atoms with van der Waals surface area (Å²) in [7, 11) is 0. The Morgan fingerprint density at radius 2 is 1.22 bits per heavy atom. The van der Waals surface area contributed by atoms with Gasteiger partial charge in [0, 0.05) is 0 Å². The molecule has 0 N–H and O–H groups in total. The molecule has 0 bridgehead atoms. The first kappa shape index (κ1) is 29.2. The molecule has 1 unspecified atom stereocenters. The number of fused-ring (bicyclic) bond motifs is 3. The van der Waals surface area contributed by atoms with Crippen LogP contribution in [-0.2, 0) is 22.5 Å². The fourth-order valence-electron chi connectivity index (χ4n) is 6.70. The number of halogens is 2. The van der Waals surface area contributed by atoms with Gasteiger partial charge < -0.3 is 0 Å². The van der Waals surface area contributed by atoms with E-state index in [2.05, 4.69) is 151 Å². The average molecular weight is 608 g/mol. The molecular formula is C38H33Cl2Ti. The summed E-state index contributed by atoms with van der Waals surface area (Å²) in [6.45, 7) is 2.32. The molecule has 1 atom stereocenters. The molecule has 0 radical (unpaired) electrons. The van der Waals surface area contributed by atoms with E-state index in [0.717, 1.165) is 12.8 Å². The van der Waals surface area contributed by atoms with Crippen LogP contribution in [0.1, 0.15) is 24.5 Å². The van der Waals surface area contributed by atoms with Crippen molar-refractivity contribution in [3.8, 4) is 33.4 Å². The van der Waals surface area contributed by atoms with Crippen LogP contribution >= 0.6 is 24.8 Å². The zero-order chi connectivity index (χ0) is 26.2. The number of benzene rings is 5. The maximum atomic E-state index is 2.62. The van der Waals surface area contributed by atoms with Crippen LogP contribution in [0.25, 0.3) is 33.4 Å². The predicted octanol–water partition coefficient (Wildman–Crippen LogP) is 9.21. The van der Waals surface area contributed by atoms with Gasteiger partial charge in [-0.1, -0.05) is 0 Å². The monoisotopic (exact) mass is 607 g/mol. The second kappa shape index (κ2) is 12.3. The normalized spacial score (nSPS) is 14.1. The van der Waals surface area contributed by atoms with Crippen LogP contribution in [0.15, 0.2) is 143 Å². The molecule has 5 aromatic carbocycles. The van der Waals surface area contributed by atoms with Crippen LogP contribution in [0.5, 0.6) is 0 Å². The van der Waals surface area contributed by atoms with Gasteiger partial charge in [0.1, 0.15) is 0 Å². The Labute approximate surface area is 259 Å². The van der Waals surface area contributed by atoms with Crippen LogP contribution < -0.4 is 7.74 Å². The number of allylic oxidation sites excluding steroid dienone is 4. The molecule has 0 nitrogen and oxygen atoms in total. The summed E-state index contributed by atoms with van der Waals surface area (Å²) in [4.78, 5) is 0. The summed E-state index contributed by atoms with van der Waals surface area (Å²) < 4.78 is 7.35. The summed E-state index contributed by atoms with van der Waals surface area (Å²) in [5, 5.41) is 0.